The van der Waals surface area contributed by atoms with Crippen molar-refractivity contribution in [3.63, 3.8) is 0 Å². The minimum atomic E-state index is -0.106. The van der Waals surface area contributed by atoms with Gasteiger partial charge in [0.25, 0.3) is 0 Å². The van der Waals surface area contributed by atoms with E-state index < -0.39 is 0 Å². The first-order valence-electron chi connectivity index (χ1n) is 8.72. The third kappa shape index (κ3) is 3.61. The number of carbonyl (C=O) groups is 1. The van der Waals surface area contributed by atoms with Gasteiger partial charge in [0, 0.05) is 13.2 Å². The lowest BCUT2D eigenvalue weighted by molar-refractivity contribution is 0.104. The van der Waals surface area contributed by atoms with Crippen LogP contribution in [0.1, 0.15) is 39.4 Å². The highest BCUT2D eigenvalue weighted by atomic mass is 16.5. The van der Waals surface area contributed by atoms with E-state index in [1.807, 2.05) is 18.2 Å². The molecule has 0 bridgehead atoms. The predicted octanol–water partition coefficient (Wildman–Crippen LogP) is 3.98. The van der Waals surface area contributed by atoms with Gasteiger partial charge in [-0.25, -0.2) is 0 Å². The van der Waals surface area contributed by atoms with E-state index in [2.05, 4.69) is 17.2 Å². The molecule has 0 radical (unpaired) electrons. The van der Waals surface area contributed by atoms with Gasteiger partial charge in [0.1, 0.15) is 23.9 Å². The molecule has 2 heterocycles. The van der Waals surface area contributed by atoms with E-state index >= 15 is 0 Å². The average Bonchev–Trinajstić information content (AvgIpc) is 3.38. The lowest BCUT2D eigenvalue weighted by Gasteiger charge is -2.06. The van der Waals surface area contributed by atoms with Gasteiger partial charge in [-0.2, -0.15) is 5.10 Å². The van der Waals surface area contributed by atoms with Crippen LogP contribution in [0.15, 0.2) is 53.2 Å². The zero-order chi connectivity index (χ0) is 17.9. The fraction of sp³-hybridized carbons (Fsp3) is 0.238. The van der Waals surface area contributed by atoms with Gasteiger partial charge in [0.2, 0.25) is 0 Å². The Kier molecular flexibility index (Phi) is 4.44. The summed E-state index contributed by atoms with van der Waals surface area (Å²) in [7, 11) is 1.78. The Bertz CT molecular complexity index is 965. The van der Waals surface area contributed by atoms with Crippen LogP contribution in [-0.4, -0.2) is 15.6 Å². The number of hydrogen-bond acceptors (Lipinski definition) is 4. The number of allylic oxidation sites excluding steroid dienone is 1. The van der Waals surface area contributed by atoms with Gasteiger partial charge >= 0.3 is 0 Å². The molecule has 2 aromatic heterocycles. The van der Waals surface area contributed by atoms with E-state index in [0.717, 1.165) is 17.9 Å². The van der Waals surface area contributed by atoms with Crippen molar-refractivity contribution in [3.8, 4) is 5.75 Å². The van der Waals surface area contributed by atoms with Gasteiger partial charge in [0.05, 0.1) is 11.8 Å². The zero-order valence-electron chi connectivity index (χ0n) is 14.6. The third-order valence-electron chi connectivity index (χ3n) is 4.52. The summed E-state index contributed by atoms with van der Waals surface area (Å²) in [6.07, 6.45) is 9.91. The summed E-state index contributed by atoms with van der Waals surface area (Å²) in [6.45, 7) is 0.364. The van der Waals surface area contributed by atoms with Crippen LogP contribution in [0.3, 0.4) is 0 Å². The van der Waals surface area contributed by atoms with Crippen LogP contribution in [0.5, 0.6) is 5.75 Å². The molecule has 4 rings (SSSR count). The summed E-state index contributed by atoms with van der Waals surface area (Å²) >= 11 is 0. The highest BCUT2D eigenvalue weighted by molar-refractivity contribution is 6.06. The fourth-order valence-corrected chi connectivity index (χ4v) is 3.16. The third-order valence-corrected chi connectivity index (χ3v) is 4.52. The van der Waals surface area contributed by atoms with E-state index in [9.17, 15) is 4.79 Å². The van der Waals surface area contributed by atoms with Crippen molar-refractivity contribution in [2.45, 2.75) is 25.9 Å². The second kappa shape index (κ2) is 7.04. The van der Waals surface area contributed by atoms with Crippen LogP contribution in [0, 0.1) is 0 Å². The maximum absolute atomic E-state index is 12.0. The molecule has 26 heavy (non-hydrogen) atoms. The average molecular weight is 348 g/mol. The summed E-state index contributed by atoms with van der Waals surface area (Å²) in [5, 5.41) is 3.99. The molecule has 0 fully saturated rings. The van der Waals surface area contributed by atoms with Gasteiger partial charge < -0.3 is 9.15 Å². The topological polar surface area (TPSA) is 57.3 Å². The minimum absolute atomic E-state index is 0.106. The molecule has 0 saturated carbocycles. The molecule has 0 unspecified atom stereocenters. The Balaban J connectivity index is 1.35. The van der Waals surface area contributed by atoms with Gasteiger partial charge in [0.15, 0.2) is 5.78 Å². The van der Waals surface area contributed by atoms with Gasteiger partial charge in [-0.15, -0.1) is 0 Å². The lowest BCUT2D eigenvalue weighted by atomic mass is 10.1. The second-order valence-corrected chi connectivity index (χ2v) is 6.48. The van der Waals surface area contributed by atoms with Crippen LogP contribution in [0.4, 0.5) is 0 Å². The predicted molar refractivity (Wildman–Crippen MR) is 98.1 cm³/mol. The second-order valence-electron chi connectivity index (χ2n) is 6.48. The maximum Gasteiger partial charge on any atom is 0.189 e. The normalized spacial score (nSPS) is 13.3. The molecule has 0 N–H and O–H groups in total. The number of aromatic nitrogens is 2. The molecule has 1 aromatic carbocycles. The van der Waals surface area contributed by atoms with E-state index in [1.165, 1.54) is 30.0 Å². The molecule has 132 valence electrons. The molecule has 0 spiro atoms. The fourth-order valence-electron chi connectivity index (χ4n) is 3.16. The number of benzene rings is 1. The Morgan fingerprint density at radius 3 is 3.00 bits per heavy atom. The van der Waals surface area contributed by atoms with Crippen molar-refractivity contribution in [2.75, 3.05) is 0 Å². The first-order valence-corrected chi connectivity index (χ1v) is 8.72. The number of nitrogens with zero attached hydrogens (tertiary/aromatic N) is 2. The van der Waals surface area contributed by atoms with Crippen LogP contribution in [-0.2, 0) is 26.5 Å². The van der Waals surface area contributed by atoms with Crippen LogP contribution in [0.25, 0.3) is 6.08 Å². The standard InChI is InChI=1S/C21H20N2O3/c1-23-13-17(12-22-23)21(24)10-9-18-7-8-20(26-18)14-25-19-6-5-15-3-2-4-16(15)11-19/h5-13H,2-4,14H2,1H3. The monoisotopic (exact) mass is 348 g/mol. The Labute approximate surface area is 151 Å². The van der Waals surface area contributed by atoms with Crippen molar-refractivity contribution < 1.29 is 13.9 Å². The quantitative estimate of drug-likeness (QED) is 0.499. The van der Waals surface area contributed by atoms with Crippen molar-refractivity contribution in [1.82, 2.24) is 9.78 Å². The Morgan fingerprint density at radius 1 is 1.27 bits per heavy atom. The van der Waals surface area contributed by atoms with E-state index in [1.54, 1.807) is 30.2 Å². The minimum Gasteiger partial charge on any atom is -0.486 e. The summed E-state index contributed by atoms with van der Waals surface area (Å²) in [6, 6.07) is 9.98. The maximum atomic E-state index is 12.0. The summed E-state index contributed by atoms with van der Waals surface area (Å²) in [4.78, 5) is 12.0. The summed E-state index contributed by atoms with van der Waals surface area (Å²) in [5.74, 6) is 2.10. The van der Waals surface area contributed by atoms with Crippen molar-refractivity contribution in [2.24, 2.45) is 7.05 Å². The molecule has 0 saturated heterocycles. The van der Waals surface area contributed by atoms with E-state index in [0.29, 0.717) is 17.9 Å². The molecule has 1 aliphatic carbocycles. The molecular formula is C21H20N2O3. The number of hydrogen-bond donors (Lipinski definition) is 0. The van der Waals surface area contributed by atoms with Gasteiger partial charge in [-0.3, -0.25) is 9.48 Å². The molecular weight excluding hydrogens is 328 g/mol. The number of rotatable bonds is 6. The Hall–Kier alpha value is -3.08. The number of aryl methyl sites for hydroxylation is 3. The van der Waals surface area contributed by atoms with Crippen LogP contribution < -0.4 is 4.74 Å². The van der Waals surface area contributed by atoms with Crippen LogP contribution >= 0.6 is 0 Å². The Morgan fingerprint density at radius 2 is 2.15 bits per heavy atom. The van der Waals surface area contributed by atoms with Crippen molar-refractivity contribution in [3.05, 3.63) is 77.0 Å². The summed E-state index contributed by atoms with van der Waals surface area (Å²) < 4.78 is 13.1. The molecule has 5 nitrogen and oxygen atoms in total. The molecule has 0 amide bonds. The lowest BCUT2D eigenvalue weighted by Crippen LogP contribution is -1.94. The zero-order valence-corrected chi connectivity index (χ0v) is 14.6. The smallest absolute Gasteiger partial charge is 0.189 e. The molecule has 5 heteroatoms. The van der Waals surface area contributed by atoms with Crippen molar-refractivity contribution in [1.29, 1.82) is 0 Å². The number of ether oxygens (including phenoxy) is 1. The highest BCUT2D eigenvalue weighted by Gasteiger charge is 2.11. The number of ketones is 1. The summed E-state index contributed by atoms with van der Waals surface area (Å²) in [5.41, 5.74) is 3.37. The van der Waals surface area contributed by atoms with Gasteiger partial charge in [-0.05, 0) is 66.8 Å². The first-order chi connectivity index (χ1) is 12.7. The highest BCUT2D eigenvalue weighted by Crippen LogP contribution is 2.26. The number of carbonyl (C=O) groups excluding carboxylic acids is 1. The molecule has 3 aromatic rings. The van der Waals surface area contributed by atoms with Crippen molar-refractivity contribution >= 4 is 11.9 Å². The number of furan rings is 1. The molecule has 0 aliphatic heterocycles. The van der Waals surface area contributed by atoms with E-state index in [-0.39, 0.29) is 5.78 Å². The van der Waals surface area contributed by atoms with Crippen LogP contribution in [0.2, 0.25) is 0 Å². The molecule has 1 aliphatic rings. The van der Waals surface area contributed by atoms with Gasteiger partial charge in [-0.1, -0.05) is 6.07 Å². The SMILES string of the molecule is Cn1cc(C(=O)C=Cc2ccc(COc3ccc4c(c3)CCC4)o2)cn1. The molecule has 0 atom stereocenters. The number of fused-ring (bicyclic) bond motifs is 1. The largest absolute Gasteiger partial charge is 0.486 e. The van der Waals surface area contributed by atoms with E-state index in [4.69, 9.17) is 9.15 Å². The first kappa shape index (κ1) is 16.4.